The van der Waals surface area contributed by atoms with E-state index in [-0.39, 0.29) is 0 Å². The van der Waals surface area contributed by atoms with Crippen molar-refractivity contribution in [2.24, 2.45) is 4.99 Å². The minimum absolute atomic E-state index is 1.14. The number of aliphatic imine (C=N–C) groups is 1. The summed E-state index contributed by atoms with van der Waals surface area (Å²) in [7, 11) is 3.90. The lowest BCUT2D eigenvalue weighted by molar-refractivity contribution is 0.476. The molecule has 0 aliphatic rings. The summed E-state index contributed by atoms with van der Waals surface area (Å²) in [6.45, 7) is 3.40. The Morgan fingerprint density at radius 2 is 1.69 bits per heavy atom. The fourth-order valence-corrected chi connectivity index (χ4v) is 1.40. The van der Waals surface area contributed by atoms with Crippen molar-refractivity contribution in [1.82, 2.24) is 4.90 Å². The molecule has 2 heteroatoms. The van der Waals surface area contributed by atoms with E-state index in [0.717, 1.165) is 6.54 Å². The second-order valence-corrected chi connectivity index (χ2v) is 3.62. The molecule has 0 N–H and O–H groups in total. The van der Waals surface area contributed by atoms with Crippen molar-refractivity contribution in [3.8, 4) is 0 Å². The molecule has 0 spiro atoms. The molecule has 0 atom stereocenters. The number of rotatable bonds is 8. The van der Waals surface area contributed by atoms with E-state index >= 15 is 0 Å². The second kappa shape index (κ2) is 9.56. The van der Waals surface area contributed by atoms with Gasteiger partial charge in [0.25, 0.3) is 0 Å². The normalized spacial score (nSPS) is 11.0. The zero-order valence-corrected chi connectivity index (χ0v) is 9.42. The molecule has 0 heterocycles. The highest BCUT2D eigenvalue weighted by Gasteiger charge is 1.92. The van der Waals surface area contributed by atoms with Gasteiger partial charge in [0, 0.05) is 20.6 Å². The fourth-order valence-electron chi connectivity index (χ4n) is 1.40. The highest BCUT2D eigenvalue weighted by molar-refractivity contribution is 5.53. The van der Waals surface area contributed by atoms with Gasteiger partial charge in [-0.1, -0.05) is 39.0 Å². The summed E-state index contributed by atoms with van der Waals surface area (Å²) in [4.78, 5) is 6.12. The lowest BCUT2D eigenvalue weighted by atomic mass is 10.1. The van der Waals surface area contributed by atoms with Crippen LogP contribution in [0.4, 0.5) is 0 Å². The van der Waals surface area contributed by atoms with Crippen LogP contribution in [-0.2, 0) is 0 Å². The second-order valence-electron chi connectivity index (χ2n) is 3.62. The van der Waals surface area contributed by atoms with Gasteiger partial charge in [-0.25, -0.2) is 0 Å². The van der Waals surface area contributed by atoms with E-state index in [9.17, 15) is 0 Å². The maximum atomic E-state index is 3.96. The highest BCUT2D eigenvalue weighted by atomic mass is 15.1. The minimum atomic E-state index is 1.14. The maximum absolute atomic E-state index is 3.96. The lowest BCUT2D eigenvalue weighted by Crippen LogP contribution is -2.17. The van der Waals surface area contributed by atoms with Crippen LogP contribution in [0.15, 0.2) is 4.99 Å². The Hall–Kier alpha value is -0.530. The molecule has 0 saturated heterocycles. The Balaban J connectivity index is 3.06. The van der Waals surface area contributed by atoms with Crippen LogP contribution in [-0.4, -0.2) is 31.9 Å². The summed E-state index contributed by atoms with van der Waals surface area (Å²) in [5.41, 5.74) is 0. The number of hydrogen-bond donors (Lipinski definition) is 0. The van der Waals surface area contributed by atoms with Crippen molar-refractivity contribution in [2.75, 3.05) is 20.6 Å². The van der Waals surface area contributed by atoms with Gasteiger partial charge >= 0.3 is 0 Å². The summed E-state index contributed by atoms with van der Waals surface area (Å²) >= 11 is 0. The molecule has 0 aliphatic carbocycles. The molecule has 0 aromatic rings. The first-order chi connectivity index (χ1) is 6.31. The third-order valence-electron chi connectivity index (χ3n) is 2.18. The van der Waals surface area contributed by atoms with Crippen molar-refractivity contribution in [2.45, 2.75) is 45.4 Å². The lowest BCUT2D eigenvalue weighted by Gasteiger charge is -2.11. The standard InChI is InChI=1S/C11H24N2/c1-4-5-6-7-8-9-10-13(3)11-12-2/h11H,4-10H2,1-3H3. The number of hydrogen-bond acceptors (Lipinski definition) is 1. The van der Waals surface area contributed by atoms with E-state index in [0.29, 0.717) is 0 Å². The van der Waals surface area contributed by atoms with Gasteiger partial charge in [-0.2, -0.15) is 0 Å². The molecule has 0 aromatic heterocycles. The predicted octanol–water partition coefficient (Wildman–Crippen LogP) is 2.94. The van der Waals surface area contributed by atoms with E-state index in [1.54, 1.807) is 0 Å². The molecule has 0 unspecified atom stereocenters. The summed E-state index contributed by atoms with van der Waals surface area (Å²) in [6.07, 6.45) is 10.1. The first-order valence-electron chi connectivity index (χ1n) is 5.43. The predicted molar refractivity (Wildman–Crippen MR) is 60.4 cm³/mol. The smallest absolute Gasteiger partial charge is 0.0843 e. The van der Waals surface area contributed by atoms with Crippen LogP contribution in [0.1, 0.15) is 45.4 Å². The first-order valence-corrected chi connectivity index (χ1v) is 5.43. The molecule has 0 amide bonds. The largest absolute Gasteiger partial charge is 0.366 e. The summed E-state index contributed by atoms with van der Waals surface area (Å²) < 4.78 is 0. The molecule has 78 valence electrons. The molecule has 0 rings (SSSR count). The van der Waals surface area contributed by atoms with Gasteiger partial charge in [-0.15, -0.1) is 0 Å². The molecule has 0 fully saturated rings. The van der Waals surface area contributed by atoms with E-state index in [1.165, 1.54) is 38.5 Å². The Bertz CT molecular complexity index is 121. The molecule has 0 aromatic carbocycles. The Kier molecular flexibility index (Phi) is 9.17. The van der Waals surface area contributed by atoms with Crippen LogP contribution in [0.3, 0.4) is 0 Å². The van der Waals surface area contributed by atoms with Gasteiger partial charge in [0.2, 0.25) is 0 Å². The Labute approximate surface area is 83.0 Å². The molecule has 0 bridgehead atoms. The van der Waals surface area contributed by atoms with Gasteiger partial charge in [0.1, 0.15) is 0 Å². The van der Waals surface area contributed by atoms with Gasteiger partial charge < -0.3 is 4.90 Å². The zero-order chi connectivity index (χ0) is 9.94. The van der Waals surface area contributed by atoms with Crippen molar-refractivity contribution < 1.29 is 0 Å². The van der Waals surface area contributed by atoms with E-state index in [4.69, 9.17) is 0 Å². The average Bonchev–Trinajstić information content (AvgIpc) is 2.11. The SMILES string of the molecule is CCCCCCCCN(C)C=NC. The molecular formula is C11H24N2. The van der Waals surface area contributed by atoms with Crippen LogP contribution in [0, 0.1) is 0 Å². The maximum Gasteiger partial charge on any atom is 0.0843 e. The van der Waals surface area contributed by atoms with E-state index < -0.39 is 0 Å². The van der Waals surface area contributed by atoms with Crippen LogP contribution in [0.2, 0.25) is 0 Å². The molecule has 0 aliphatic heterocycles. The average molecular weight is 184 g/mol. The van der Waals surface area contributed by atoms with Crippen LogP contribution >= 0.6 is 0 Å². The van der Waals surface area contributed by atoms with Crippen molar-refractivity contribution in [3.05, 3.63) is 0 Å². The Morgan fingerprint density at radius 3 is 2.31 bits per heavy atom. The molecule has 0 radical (unpaired) electrons. The van der Waals surface area contributed by atoms with Gasteiger partial charge in [0.15, 0.2) is 0 Å². The quantitative estimate of drug-likeness (QED) is 0.322. The fraction of sp³-hybridized carbons (Fsp3) is 0.909. The third-order valence-corrected chi connectivity index (χ3v) is 2.18. The summed E-state index contributed by atoms with van der Waals surface area (Å²) in [5, 5.41) is 0. The van der Waals surface area contributed by atoms with Gasteiger partial charge in [0.05, 0.1) is 6.34 Å². The molecule has 2 nitrogen and oxygen atoms in total. The van der Waals surface area contributed by atoms with E-state index in [1.807, 2.05) is 13.4 Å². The van der Waals surface area contributed by atoms with Gasteiger partial charge in [-0.3, -0.25) is 4.99 Å². The molecular weight excluding hydrogens is 160 g/mol. The Morgan fingerprint density at radius 1 is 1.08 bits per heavy atom. The number of unbranched alkanes of at least 4 members (excludes halogenated alkanes) is 5. The van der Waals surface area contributed by atoms with Crippen molar-refractivity contribution in [1.29, 1.82) is 0 Å². The first kappa shape index (κ1) is 12.5. The van der Waals surface area contributed by atoms with Crippen LogP contribution < -0.4 is 0 Å². The van der Waals surface area contributed by atoms with Crippen LogP contribution in [0.5, 0.6) is 0 Å². The summed E-state index contributed by atoms with van der Waals surface area (Å²) in [6, 6.07) is 0. The number of nitrogens with zero attached hydrogens (tertiary/aromatic N) is 2. The van der Waals surface area contributed by atoms with E-state index in [2.05, 4.69) is 23.9 Å². The third kappa shape index (κ3) is 9.38. The zero-order valence-electron chi connectivity index (χ0n) is 9.42. The van der Waals surface area contributed by atoms with Crippen molar-refractivity contribution in [3.63, 3.8) is 0 Å². The van der Waals surface area contributed by atoms with Crippen LogP contribution in [0.25, 0.3) is 0 Å². The topological polar surface area (TPSA) is 15.6 Å². The molecule has 13 heavy (non-hydrogen) atoms. The summed E-state index contributed by atoms with van der Waals surface area (Å²) in [5.74, 6) is 0. The minimum Gasteiger partial charge on any atom is -0.366 e. The highest BCUT2D eigenvalue weighted by Crippen LogP contribution is 2.04. The van der Waals surface area contributed by atoms with Crippen molar-refractivity contribution >= 4 is 6.34 Å². The van der Waals surface area contributed by atoms with Gasteiger partial charge in [-0.05, 0) is 6.42 Å². The molecule has 0 saturated carbocycles. The monoisotopic (exact) mass is 184 g/mol.